The van der Waals surface area contributed by atoms with Gasteiger partial charge in [-0.3, -0.25) is 4.79 Å². The first-order chi connectivity index (χ1) is 38.7. The second-order valence-corrected chi connectivity index (χ2v) is 22.2. The largest absolute Gasteiger partial charge is 0.394 e. The molecule has 0 aromatic heterocycles. The highest BCUT2D eigenvalue weighted by molar-refractivity contribution is 5.76. The molecule has 0 radical (unpaired) electrons. The average Bonchev–Trinajstić information content (AvgIpc) is 3.44. The Morgan fingerprint density at radius 1 is 0.321 bits per heavy atom. The molecular weight excluding hydrogens is 951 g/mol. The summed E-state index contributed by atoms with van der Waals surface area (Å²) < 4.78 is 0. The van der Waals surface area contributed by atoms with Crippen LogP contribution < -0.4 is 5.32 Å². The molecule has 0 aliphatic heterocycles. The lowest BCUT2D eigenvalue weighted by Crippen LogP contribution is -2.45. The second kappa shape index (κ2) is 67.8. The minimum atomic E-state index is -0.686. The van der Waals surface area contributed by atoms with Crippen LogP contribution in [-0.4, -0.2) is 34.9 Å². The molecule has 1 amide bonds. The number of aliphatic hydroxyl groups excluding tert-OH is 2. The van der Waals surface area contributed by atoms with E-state index in [1.165, 1.54) is 173 Å². The summed E-state index contributed by atoms with van der Waals surface area (Å²) in [4.78, 5) is 12.5. The molecule has 3 N–H and O–H groups in total. The smallest absolute Gasteiger partial charge is 0.220 e. The summed E-state index contributed by atoms with van der Waals surface area (Å²) in [7, 11) is 0. The van der Waals surface area contributed by atoms with E-state index in [0.29, 0.717) is 12.8 Å². The van der Waals surface area contributed by atoms with Gasteiger partial charge in [0.15, 0.2) is 0 Å². The molecule has 4 heteroatoms. The second-order valence-electron chi connectivity index (χ2n) is 22.2. The number of allylic oxidation sites excluding steroid dienone is 22. The van der Waals surface area contributed by atoms with Gasteiger partial charge in [-0.15, -0.1) is 0 Å². The topological polar surface area (TPSA) is 69.6 Å². The highest BCUT2D eigenvalue weighted by atomic mass is 16.3. The van der Waals surface area contributed by atoms with Gasteiger partial charge in [0.1, 0.15) is 0 Å². The summed E-state index contributed by atoms with van der Waals surface area (Å²) in [6.45, 7) is 4.25. The van der Waals surface area contributed by atoms with Crippen molar-refractivity contribution < 1.29 is 15.0 Å². The van der Waals surface area contributed by atoms with Crippen LogP contribution in [-0.2, 0) is 4.79 Å². The van der Waals surface area contributed by atoms with Crippen LogP contribution in [0.25, 0.3) is 0 Å². The van der Waals surface area contributed by atoms with Crippen molar-refractivity contribution in [3.63, 3.8) is 0 Å². The summed E-state index contributed by atoms with van der Waals surface area (Å²) in [5, 5.41) is 23.4. The van der Waals surface area contributed by atoms with Crippen molar-refractivity contribution in [1.82, 2.24) is 5.32 Å². The van der Waals surface area contributed by atoms with Gasteiger partial charge in [0.25, 0.3) is 0 Å². The third-order valence-electron chi connectivity index (χ3n) is 14.7. The Morgan fingerprint density at radius 3 is 0.833 bits per heavy atom. The number of unbranched alkanes of at least 4 members (excludes halogenated alkanes) is 31. The number of rotatable bonds is 60. The lowest BCUT2D eigenvalue weighted by molar-refractivity contribution is -0.123. The minimum Gasteiger partial charge on any atom is -0.394 e. The molecule has 78 heavy (non-hydrogen) atoms. The Kier molecular flexibility index (Phi) is 64.8. The van der Waals surface area contributed by atoms with Gasteiger partial charge in [0, 0.05) is 6.42 Å². The zero-order valence-electron chi connectivity index (χ0n) is 51.4. The zero-order valence-corrected chi connectivity index (χ0v) is 51.4. The lowest BCUT2D eigenvalue weighted by Gasteiger charge is -2.22. The monoisotopic (exact) mass is 1080 g/mol. The number of amides is 1. The number of hydrogen-bond acceptors (Lipinski definition) is 3. The Hall–Kier alpha value is -3.47. The predicted octanol–water partition coefficient (Wildman–Crippen LogP) is 22.9. The number of carbonyl (C=O) groups excluding carboxylic acids is 1. The van der Waals surface area contributed by atoms with Crippen LogP contribution in [0, 0.1) is 0 Å². The molecule has 4 nitrogen and oxygen atoms in total. The van der Waals surface area contributed by atoms with Crippen LogP contribution in [0.1, 0.15) is 309 Å². The summed E-state index contributed by atoms with van der Waals surface area (Å²) in [5.74, 6) is -0.0648. The summed E-state index contributed by atoms with van der Waals surface area (Å²) in [5.41, 5.74) is 0. The van der Waals surface area contributed by atoms with E-state index < -0.39 is 12.1 Å². The van der Waals surface area contributed by atoms with Crippen LogP contribution >= 0.6 is 0 Å². The third kappa shape index (κ3) is 63.4. The molecule has 0 aromatic rings. The van der Waals surface area contributed by atoms with E-state index in [1.807, 2.05) is 0 Å². The molecule has 0 saturated carbocycles. The summed E-state index contributed by atoms with van der Waals surface area (Å²) in [6.07, 6.45) is 105. The lowest BCUT2D eigenvalue weighted by atomic mass is 10.0. The molecule has 0 aliphatic carbocycles. The zero-order chi connectivity index (χ0) is 56.2. The normalized spacial score (nSPS) is 13.6. The fourth-order valence-electron chi connectivity index (χ4n) is 9.66. The van der Waals surface area contributed by atoms with Gasteiger partial charge >= 0.3 is 0 Å². The highest BCUT2D eigenvalue weighted by Gasteiger charge is 2.20. The van der Waals surface area contributed by atoms with Gasteiger partial charge in [-0.05, 0) is 96.3 Å². The van der Waals surface area contributed by atoms with Gasteiger partial charge in [-0.25, -0.2) is 0 Å². The maximum Gasteiger partial charge on any atom is 0.220 e. The third-order valence-corrected chi connectivity index (χ3v) is 14.7. The molecule has 0 bridgehead atoms. The van der Waals surface area contributed by atoms with Gasteiger partial charge in [0.05, 0.1) is 18.8 Å². The molecule has 0 saturated heterocycles. The molecule has 0 spiro atoms. The van der Waals surface area contributed by atoms with Crippen molar-refractivity contribution in [2.75, 3.05) is 6.61 Å². The minimum absolute atomic E-state index is 0.0648. The van der Waals surface area contributed by atoms with E-state index >= 15 is 0 Å². The molecule has 446 valence electrons. The Bertz CT molecular complexity index is 1550. The highest BCUT2D eigenvalue weighted by Crippen LogP contribution is 2.18. The van der Waals surface area contributed by atoms with E-state index in [4.69, 9.17) is 0 Å². The van der Waals surface area contributed by atoms with Gasteiger partial charge < -0.3 is 15.5 Å². The first-order valence-corrected chi connectivity index (χ1v) is 33.4. The van der Waals surface area contributed by atoms with E-state index in [1.54, 1.807) is 0 Å². The summed E-state index contributed by atoms with van der Waals surface area (Å²) >= 11 is 0. The van der Waals surface area contributed by atoms with Crippen molar-refractivity contribution in [2.24, 2.45) is 0 Å². The van der Waals surface area contributed by atoms with Crippen LogP contribution in [0.4, 0.5) is 0 Å². The van der Waals surface area contributed by atoms with E-state index in [2.05, 4.69) is 153 Å². The predicted molar refractivity (Wildman–Crippen MR) is 349 cm³/mol. The first-order valence-electron chi connectivity index (χ1n) is 33.4. The van der Waals surface area contributed by atoms with Crippen molar-refractivity contribution in [3.05, 3.63) is 134 Å². The Morgan fingerprint density at radius 2 is 0.564 bits per heavy atom. The van der Waals surface area contributed by atoms with Crippen molar-refractivity contribution in [3.8, 4) is 0 Å². The average molecular weight is 1080 g/mol. The first kappa shape index (κ1) is 74.5. The molecule has 2 atom stereocenters. The summed E-state index contributed by atoms with van der Waals surface area (Å²) in [6, 6.07) is -0.566. The van der Waals surface area contributed by atoms with Crippen LogP contribution in [0.3, 0.4) is 0 Å². The maximum absolute atomic E-state index is 12.5. The Labute approximate surface area is 485 Å². The number of aliphatic hydroxyl groups is 2. The van der Waals surface area contributed by atoms with Gasteiger partial charge in [-0.2, -0.15) is 0 Å². The molecule has 0 rings (SSSR count). The fourth-order valence-corrected chi connectivity index (χ4v) is 9.66. The molecule has 0 heterocycles. The number of hydrogen-bond donors (Lipinski definition) is 3. The van der Waals surface area contributed by atoms with Crippen LogP contribution in [0.15, 0.2) is 134 Å². The van der Waals surface area contributed by atoms with Gasteiger partial charge in [0.2, 0.25) is 5.91 Å². The fraction of sp³-hybridized carbons (Fsp3) is 0.689. The number of nitrogens with one attached hydrogen (secondary N) is 1. The van der Waals surface area contributed by atoms with Crippen LogP contribution in [0.5, 0.6) is 0 Å². The molecule has 0 aromatic carbocycles. The molecular formula is C74H127NO3. The SMILES string of the molecule is CC/C=C\C/C=C\C/C=C\C/C=C\C/C=C\C/C=C\C/C=C\C/C=C\C/C=C\C/C=C\C/C=C\CCCCCC(=O)NC(CO)C(O)CCCCCCCCCCCCCCCCCCCCCCCCCCCCCCC. The quantitative estimate of drug-likeness (QED) is 0.0420. The van der Waals surface area contributed by atoms with Crippen molar-refractivity contribution in [2.45, 2.75) is 321 Å². The van der Waals surface area contributed by atoms with Gasteiger partial charge in [-0.1, -0.05) is 340 Å². The van der Waals surface area contributed by atoms with Crippen LogP contribution in [0.2, 0.25) is 0 Å². The van der Waals surface area contributed by atoms with Crippen molar-refractivity contribution in [1.29, 1.82) is 0 Å². The molecule has 0 aliphatic rings. The Balaban J connectivity index is 3.60. The molecule has 2 unspecified atom stereocenters. The standard InChI is InChI=1S/C74H127NO3/c1-3-5-7-9-11-13-15-17-19-21-23-25-27-29-31-33-34-35-36-37-38-39-40-42-44-46-48-50-52-54-56-58-60-62-64-66-68-70-74(78)75-72(71-76)73(77)69-67-65-63-61-59-57-55-53-51-49-47-45-43-41-32-30-28-26-24-22-20-18-16-14-12-10-8-6-4-2/h5,7,11,13,17,19,23,25,29,31,34-35,37-38,40,42,46,48,52,54,58,60,72-73,76-77H,3-4,6,8-10,12,14-16,18,20-22,24,26-28,30,32-33,36,39,41,43-45,47,49-51,53,55-57,59,61-71H2,1-2H3,(H,75,78)/b7-5-,13-11-,19-17-,25-23-,31-29-,35-34-,38-37-,42-40-,48-46-,54-52-,60-58-. The maximum atomic E-state index is 12.5. The van der Waals surface area contributed by atoms with E-state index in [0.717, 1.165) is 109 Å². The molecule has 0 fully saturated rings. The number of carbonyl (C=O) groups is 1. The van der Waals surface area contributed by atoms with E-state index in [9.17, 15) is 15.0 Å². The van der Waals surface area contributed by atoms with Crippen molar-refractivity contribution >= 4 is 5.91 Å². The van der Waals surface area contributed by atoms with E-state index in [-0.39, 0.29) is 12.5 Å².